The second kappa shape index (κ2) is 9.78. The maximum absolute atomic E-state index is 12.9. The summed E-state index contributed by atoms with van der Waals surface area (Å²) in [4.78, 5) is 7.89. The number of halogens is 1. The summed E-state index contributed by atoms with van der Waals surface area (Å²) >= 11 is 1.81. The van der Waals surface area contributed by atoms with Crippen LogP contribution in [0.3, 0.4) is 0 Å². The monoisotopic (exact) mass is 512 g/mol. The first-order valence-corrected chi connectivity index (χ1v) is 13.8. The Hall–Kier alpha value is -2.25. The lowest BCUT2D eigenvalue weighted by Crippen LogP contribution is -2.30. The van der Waals surface area contributed by atoms with Crippen molar-refractivity contribution in [2.24, 2.45) is 0 Å². The molecular weight excluding hydrogens is 484 g/mol. The Balaban J connectivity index is 0.00000274. The molecule has 4 aromatic rings. The van der Waals surface area contributed by atoms with Crippen molar-refractivity contribution < 1.29 is 8.42 Å². The maximum atomic E-state index is 12.9. The molecule has 0 radical (unpaired) electrons. The van der Waals surface area contributed by atoms with Crippen LogP contribution in [0.5, 0.6) is 0 Å². The summed E-state index contributed by atoms with van der Waals surface area (Å²) in [6, 6.07) is 18.0. The van der Waals surface area contributed by atoms with E-state index in [4.69, 9.17) is 4.98 Å². The Morgan fingerprint density at radius 2 is 1.59 bits per heavy atom. The maximum Gasteiger partial charge on any atom is 0.243 e. The number of benzene rings is 2. The average molecular weight is 513 g/mol. The number of hydrogen-bond donors (Lipinski definition) is 0. The number of fused-ring (bicyclic) bond motifs is 3. The van der Waals surface area contributed by atoms with Crippen molar-refractivity contribution in [3.63, 3.8) is 0 Å². The molecule has 0 N–H and O–H groups in total. The first kappa shape index (κ1) is 24.9. The SMILES string of the molecule is CCN(CC)S(=O)(=O)c1ccc(-c2cc(-c3ccc(C)cc3)c3c4c(sc3n2)CCC4)cc1.Cl. The molecule has 2 heterocycles. The van der Waals surface area contributed by atoms with Gasteiger partial charge in [-0.05, 0) is 61.1 Å². The smallest absolute Gasteiger partial charge is 0.237 e. The van der Waals surface area contributed by atoms with Crippen molar-refractivity contribution in [3.05, 3.63) is 70.6 Å². The van der Waals surface area contributed by atoms with E-state index in [2.05, 4.69) is 37.3 Å². The molecule has 0 fully saturated rings. The fourth-order valence-corrected chi connectivity index (χ4v) is 7.46. The van der Waals surface area contributed by atoms with Gasteiger partial charge in [0.05, 0.1) is 10.6 Å². The third kappa shape index (κ3) is 4.29. The van der Waals surface area contributed by atoms with Gasteiger partial charge in [0.25, 0.3) is 0 Å². The van der Waals surface area contributed by atoms with E-state index in [1.807, 2.05) is 37.3 Å². The fourth-order valence-electron chi connectivity index (χ4n) is 4.72. The van der Waals surface area contributed by atoms with Crippen molar-refractivity contribution in [2.75, 3.05) is 13.1 Å². The summed E-state index contributed by atoms with van der Waals surface area (Å²) < 4.78 is 27.2. The molecule has 0 spiro atoms. The Kier molecular flexibility index (Phi) is 7.15. The van der Waals surface area contributed by atoms with Gasteiger partial charge in [-0.2, -0.15) is 4.31 Å². The molecule has 0 saturated heterocycles. The van der Waals surface area contributed by atoms with Crippen LogP contribution in [0.4, 0.5) is 0 Å². The Morgan fingerprint density at radius 3 is 2.24 bits per heavy atom. The van der Waals surface area contributed by atoms with Crippen LogP contribution >= 0.6 is 23.7 Å². The molecule has 178 valence electrons. The van der Waals surface area contributed by atoms with E-state index in [1.165, 1.54) is 43.2 Å². The third-order valence-corrected chi connectivity index (χ3v) is 9.78. The summed E-state index contributed by atoms with van der Waals surface area (Å²) in [5, 5.41) is 1.29. The van der Waals surface area contributed by atoms with E-state index in [0.29, 0.717) is 18.0 Å². The van der Waals surface area contributed by atoms with E-state index in [9.17, 15) is 8.42 Å². The number of nitrogens with zero attached hydrogens (tertiary/aromatic N) is 2. The number of rotatable bonds is 6. The molecule has 0 unspecified atom stereocenters. The zero-order chi connectivity index (χ0) is 23.2. The first-order chi connectivity index (χ1) is 15.9. The molecule has 4 nitrogen and oxygen atoms in total. The first-order valence-electron chi connectivity index (χ1n) is 11.5. The second-order valence-electron chi connectivity index (χ2n) is 8.57. The molecular formula is C27H29ClN2O2S2. The molecule has 1 aliphatic rings. The number of aromatic nitrogens is 1. The van der Waals surface area contributed by atoms with Crippen LogP contribution in [-0.2, 0) is 22.9 Å². The minimum atomic E-state index is -3.47. The quantitative estimate of drug-likeness (QED) is 0.283. The highest BCUT2D eigenvalue weighted by Crippen LogP contribution is 2.43. The van der Waals surface area contributed by atoms with Gasteiger partial charge in [-0.3, -0.25) is 0 Å². The van der Waals surface area contributed by atoms with Crippen LogP contribution in [0.25, 0.3) is 32.6 Å². The summed E-state index contributed by atoms with van der Waals surface area (Å²) in [5.41, 5.74) is 6.92. The summed E-state index contributed by atoms with van der Waals surface area (Å²) in [5.74, 6) is 0. The lowest BCUT2D eigenvalue weighted by molar-refractivity contribution is 0.445. The fraction of sp³-hybridized carbons (Fsp3) is 0.296. The number of sulfonamides is 1. The van der Waals surface area contributed by atoms with Gasteiger partial charge >= 0.3 is 0 Å². The molecule has 0 amide bonds. The van der Waals surface area contributed by atoms with Crippen molar-refractivity contribution in [1.29, 1.82) is 0 Å². The van der Waals surface area contributed by atoms with E-state index in [0.717, 1.165) is 28.9 Å². The highest BCUT2D eigenvalue weighted by Gasteiger charge is 2.24. The minimum absolute atomic E-state index is 0. The van der Waals surface area contributed by atoms with E-state index >= 15 is 0 Å². The third-order valence-electron chi connectivity index (χ3n) is 6.53. The van der Waals surface area contributed by atoms with E-state index in [1.54, 1.807) is 12.1 Å². The highest BCUT2D eigenvalue weighted by molar-refractivity contribution is 7.89. The zero-order valence-electron chi connectivity index (χ0n) is 19.7. The molecule has 0 saturated carbocycles. The van der Waals surface area contributed by atoms with Gasteiger partial charge in [0.2, 0.25) is 10.0 Å². The Labute approximate surface area is 212 Å². The van der Waals surface area contributed by atoms with Crippen LogP contribution in [0, 0.1) is 6.92 Å². The Bertz CT molecular complexity index is 1420. The van der Waals surface area contributed by atoms with Gasteiger partial charge in [-0.1, -0.05) is 55.8 Å². The molecule has 0 aliphatic heterocycles. The zero-order valence-corrected chi connectivity index (χ0v) is 22.1. The van der Waals surface area contributed by atoms with Gasteiger partial charge in [0.1, 0.15) is 4.83 Å². The number of hydrogen-bond acceptors (Lipinski definition) is 4. The Morgan fingerprint density at radius 1 is 0.941 bits per heavy atom. The summed E-state index contributed by atoms with van der Waals surface area (Å²) in [6.07, 6.45) is 3.47. The minimum Gasteiger partial charge on any atom is -0.237 e. The van der Waals surface area contributed by atoms with Gasteiger partial charge < -0.3 is 0 Å². The van der Waals surface area contributed by atoms with Crippen molar-refractivity contribution in [2.45, 2.75) is 44.9 Å². The molecule has 0 atom stereocenters. The van der Waals surface area contributed by atoms with Crippen molar-refractivity contribution >= 4 is 44.0 Å². The molecule has 34 heavy (non-hydrogen) atoms. The van der Waals surface area contributed by atoms with Crippen LogP contribution < -0.4 is 0 Å². The molecule has 1 aliphatic carbocycles. The summed E-state index contributed by atoms with van der Waals surface area (Å²) in [7, 11) is -3.47. The van der Waals surface area contributed by atoms with E-state index in [-0.39, 0.29) is 12.4 Å². The van der Waals surface area contributed by atoms with E-state index < -0.39 is 10.0 Å². The number of aryl methyl sites for hydroxylation is 3. The summed E-state index contributed by atoms with van der Waals surface area (Å²) in [6.45, 7) is 6.75. The predicted molar refractivity (Wildman–Crippen MR) is 145 cm³/mol. The van der Waals surface area contributed by atoms with Crippen LogP contribution in [-0.4, -0.2) is 30.8 Å². The van der Waals surface area contributed by atoms with Crippen LogP contribution in [0.15, 0.2) is 59.5 Å². The average Bonchev–Trinajstić information content (AvgIpc) is 3.41. The van der Waals surface area contributed by atoms with Gasteiger partial charge in [0.15, 0.2) is 0 Å². The molecule has 5 rings (SSSR count). The van der Waals surface area contributed by atoms with Crippen molar-refractivity contribution in [1.82, 2.24) is 9.29 Å². The van der Waals surface area contributed by atoms with Gasteiger partial charge in [-0.25, -0.2) is 13.4 Å². The number of thiophene rings is 1. The van der Waals surface area contributed by atoms with Crippen molar-refractivity contribution in [3.8, 4) is 22.4 Å². The predicted octanol–water partition coefficient (Wildman–Crippen LogP) is 6.88. The van der Waals surface area contributed by atoms with Gasteiger partial charge in [0, 0.05) is 28.9 Å². The lowest BCUT2D eigenvalue weighted by Gasteiger charge is -2.18. The number of pyridine rings is 1. The largest absolute Gasteiger partial charge is 0.243 e. The molecule has 2 aromatic heterocycles. The van der Waals surface area contributed by atoms with Crippen LogP contribution in [0.1, 0.15) is 36.3 Å². The topological polar surface area (TPSA) is 50.3 Å². The standard InChI is InChI=1S/C27H28N2O2S2.ClH/c1-4-29(5-2)33(30,31)21-15-13-20(14-16-21)24-17-23(19-11-9-18(3)10-12-19)26-22-7-6-8-25(22)32-27(26)28-24;/h9-17H,4-8H2,1-3H3;1H. The molecule has 7 heteroatoms. The highest BCUT2D eigenvalue weighted by atomic mass is 35.5. The lowest BCUT2D eigenvalue weighted by atomic mass is 9.97. The van der Waals surface area contributed by atoms with Crippen LogP contribution in [0.2, 0.25) is 0 Å². The normalized spacial score (nSPS) is 13.3. The van der Waals surface area contributed by atoms with Gasteiger partial charge in [-0.15, -0.1) is 23.7 Å². The molecule has 0 bridgehead atoms. The molecule has 2 aromatic carbocycles. The second-order valence-corrected chi connectivity index (χ2v) is 11.6.